The van der Waals surface area contributed by atoms with Crippen LogP contribution in [0, 0.1) is 12.8 Å². The highest BCUT2D eigenvalue weighted by Crippen LogP contribution is 2.37. The summed E-state index contributed by atoms with van der Waals surface area (Å²) in [6.45, 7) is 3.56. The summed E-state index contributed by atoms with van der Waals surface area (Å²) in [5, 5.41) is 4.54. The third-order valence-electron chi connectivity index (χ3n) is 5.87. The van der Waals surface area contributed by atoms with Crippen LogP contribution in [0.5, 0.6) is 0 Å². The molecule has 0 N–H and O–H groups in total. The molecule has 5 rings (SSSR count). The summed E-state index contributed by atoms with van der Waals surface area (Å²) in [5.74, 6) is 0.370. The van der Waals surface area contributed by atoms with Crippen molar-refractivity contribution in [2.24, 2.45) is 5.92 Å². The molecule has 1 aromatic carbocycles. The Balaban J connectivity index is 1.44. The summed E-state index contributed by atoms with van der Waals surface area (Å²) in [6.07, 6.45) is 4.46. The molecule has 30 heavy (non-hydrogen) atoms. The molecule has 0 unspecified atom stereocenters. The summed E-state index contributed by atoms with van der Waals surface area (Å²) >= 11 is 0. The molecule has 1 saturated heterocycles. The van der Waals surface area contributed by atoms with Crippen molar-refractivity contribution in [2.75, 3.05) is 13.1 Å². The van der Waals surface area contributed by atoms with Crippen LogP contribution in [0.4, 0.5) is 0 Å². The molecule has 0 aliphatic carbocycles. The molecule has 0 spiro atoms. The average molecular weight is 404 g/mol. The van der Waals surface area contributed by atoms with Crippen LogP contribution in [-0.2, 0) is 13.1 Å². The first-order valence-corrected chi connectivity index (χ1v) is 9.84. The molecule has 9 nitrogen and oxygen atoms in total. The number of likely N-dealkylation sites (tertiary alicyclic amines) is 1. The fraction of sp³-hybridized carbons (Fsp3) is 0.333. The van der Waals surface area contributed by atoms with Crippen molar-refractivity contribution in [1.82, 2.24) is 29.2 Å². The minimum atomic E-state index is -0.619. The van der Waals surface area contributed by atoms with Gasteiger partial charge in [-0.15, -0.1) is 0 Å². The Morgan fingerprint density at radius 1 is 1.07 bits per heavy atom. The maximum Gasteiger partial charge on any atom is 0.332 e. The maximum atomic E-state index is 12.7. The van der Waals surface area contributed by atoms with Crippen molar-refractivity contribution in [2.45, 2.75) is 25.9 Å². The summed E-state index contributed by atoms with van der Waals surface area (Å²) in [7, 11) is 0. The SMILES string of the molecule is Cc1ccc(Cn2nc3n(c(=O)c2=O)C[C@H]2CN(C(=O)c4cnccn4)C[C@@H]32)cc1. The van der Waals surface area contributed by atoms with Crippen LogP contribution >= 0.6 is 0 Å². The van der Waals surface area contributed by atoms with E-state index >= 15 is 0 Å². The molecule has 2 aliphatic heterocycles. The number of carbonyl (C=O) groups excluding carboxylic acids is 1. The lowest BCUT2D eigenvalue weighted by Crippen LogP contribution is -2.44. The first-order chi connectivity index (χ1) is 14.5. The van der Waals surface area contributed by atoms with E-state index in [1.807, 2.05) is 31.2 Å². The Morgan fingerprint density at radius 3 is 2.60 bits per heavy atom. The van der Waals surface area contributed by atoms with Crippen LogP contribution in [0.15, 0.2) is 52.4 Å². The highest BCUT2D eigenvalue weighted by molar-refractivity contribution is 5.92. The Bertz CT molecular complexity index is 1230. The third-order valence-corrected chi connectivity index (χ3v) is 5.87. The number of rotatable bonds is 3. The second kappa shape index (κ2) is 7.01. The average Bonchev–Trinajstić information content (AvgIpc) is 3.32. The van der Waals surface area contributed by atoms with Gasteiger partial charge in [0.1, 0.15) is 11.5 Å². The van der Waals surface area contributed by atoms with Gasteiger partial charge >= 0.3 is 11.1 Å². The number of amides is 1. The van der Waals surface area contributed by atoms with Gasteiger partial charge in [0.2, 0.25) is 0 Å². The van der Waals surface area contributed by atoms with Crippen molar-refractivity contribution >= 4 is 5.91 Å². The van der Waals surface area contributed by atoms with Gasteiger partial charge in [0.25, 0.3) is 5.91 Å². The van der Waals surface area contributed by atoms with Gasteiger partial charge in [0.05, 0.1) is 12.7 Å². The first kappa shape index (κ1) is 18.4. The lowest BCUT2D eigenvalue weighted by Gasteiger charge is -2.17. The number of hydrogen-bond acceptors (Lipinski definition) is 6. The first-order valence-electron chi connectivity index (χ1n) is 9.84. The minimum absolute atomic E-state index is 0.0560. The predicted molar refractivity (Wildman–Crippen MR) is 107 cm³/mol. The zero-order valence-electron chi connectivity index (χ0n) is 16.4. The molecule has 9 heteroatoms. The topological polar surface area (TPSA) is 103 Å². The van der Waals surface area contributed by atoms with Crippen LogP contribution in [-0.4, -0.2) is 48.2 Å². The van der Waals surface area contributed by atoms with E-state index in [0.717, 1.165) is 11.1 Å². The van der Waals surface area contributed by atoms with Crippen molar-refractivity contribution < 1.29 is 4.79 Å². The van der Waals surface area contributed by atoms with E-state index in [4.69, 9.17) is 0 Å². The zero-order valence-corrected chi connectivity index (χ0v) is 16.4. The number of nitrogens with zero attached hydrogens (tertiary/aromatic N) is 6. The highest BCUT2D eigenvalue weighted by atomic mass is 16.2. The third kappa shape index (κ3) is 3.02. The quantitative estimate of drug-likeness (QED) is 0.586. The molecule has 0 bridgehead atoms. The Morgan fingerprint density at radius 2 is 1.87 bits per heavy atom. The van der Waals surface area contributed by atoms with Crippen LogP contribution in [0.3, 0.4) is 0 Å². The van der Waals surface area contributed by atoms with Crippen LogP contribution in [0.25, 0.3) is 0 Å². The van der Waals surface area contributed by atoms with E-state index in [-0.39, 0.29) is 24.3 Å². The van der Waals surface area contributed by atoms with Crippen molar-refractivity contribution in [3.8, 4) is 0 Å². The number of carbonyl (C=O) groups is 1. The van der Waals surface area contributed by atoms with Gasteiger partial charge in [-0.1, -0.05) is 29.8 Å². The van der Waals surface area contributed by atoms with Gasteiger partial charge in [0.15, 0.2) is 0 Å². The Kier molecular flexibility index (Phi) is 4.30. The monoisotopic (exact) mass is 404 g/mol. The van der Waals surface area contributed by atoms with Gasteiger partial charge in [0, 0.05) is 43.9 Å². The number of aromatic nitrogens is 5. The normalized spacial score (nSPS) is 19.6. The van der Waals surface area contributed by atoms with Gasteiger partial charge in [-0.25, -0.2) is 9.67 Å². The van der Waals surface area contributed by atoms with E-state index in [1.165, 1.54) is 27.8 Å². The van der Waals surface area contributed by atoms with Gasteiger partial charge < -0.3 is 4.90 Å². The number of hydrogen-bond donors (Lipinski definition) is 0. The molecule has 3 aromatic rings. The van der Waals surface area contributed by atoms with Crippen molar-refractivity contribution in [1.29, 1.82) is 0 Å². The van der Waals surface area contributed by atoms with Crippen LogP contribution < -0.4 is 11.1 Å². The van der Waals surface area contributed by atoms with E-state index in [2.05, 4.69) is 15.1 Å². The second-order valence-electron chi connectivity index (χ2n) is 7.89. The molecule has 0 saturated carbocycles. The Labute approximate surface area is 171 Å². The van der Waals surface area contributed by atoms with E-state index < -0.39 is 11.1 Å². The molecular formula is C21H20N6O3. The Hall–Kier alpha value is -3.62. The number of fused-ring (bicyclic) bond motifs is 3. The van der Waals surface area contributed by atoms with E-state index in [0.29, 0.717) is 31.2 Å². The number of aryl methyl sites for hydroxylation is 1. The van der Waals surface area contributed by atoms with Crippen LogP contribution in [0.2, 0.25) is 0 Å². The van der Waals surface area contributed by atoms with E-state index in [1.54, 1.807) is 4.90 Å². The fourth-order valence-corrected chi connectivity index (χ4v) is 4.30. The summed E-state index contributed by atoms with van der Waals surface area (Å²) in [5.41, 5.74) is 1.15. The summed E-state index contributed by atoms with van der Waals surface area (Å²) < 4.78 is 2.72. The maximum absolute atomic E-state index is 12.7. The smallest absolute Gasteiger partial charge is 0.332 e. The largest absolute Gasteiger partial charge is 0.336 e. The molecule has 152 valence electrons. The molecule has 2 aromatic heterocycles. The second-order valence-corrected chi connectivity index (χ2v) is 7.89. The fourth-order valence-electron chi connectivity index (χ4n) is 4.30. The van der Waals surface area contributed by atoms with E-state index in [9.17, 15) is 14.4 Å². The molecule has 4 heterocycles. The lowest BCUT2D eigenvalue weighted by atomic mass is 10.00. The zero-order chi connectivity index (χ0) is 20.8. The van der Waals surface area contributed by atoms with Gasteiger partial charge in [-0.2, -0.15) is 5.10 Å². The molecular weight excluding hydrogens is 384 g/mol. The minimum Gasteiger partial charge on any atom is -0.336 e. The summed E-state index contributed by atoms with van der Waals surface area (Å²) in [6, 6.07) is 7.77. The molecule has 2 atom stereocenters. The van der Waals surface area contributed by atoms with Gasteiger partial charge in [-0.3, -0.25) is 23.9 Å². The predicted octanol–water partition coefficient (Wildman–Crippen LogP) is 0.421. The van der Waals surface area contributed by atoms with Crippen molar-refractivity contribution in [3.63, 3.8) is 0 Å². The van der Waals surface area contributed by atoms with Crippen LogP contribution in [0.1, 0.15) is 33.4 Å². The highest BCUT2D eigenvalue weighted by Gasteiger charge is 2.44. The van der Waals surface area contributed by atoms with Crippen molar-refractivity contribution in [3.05, 3.63) is 86.2 Å². The molecule has 1 amide bonds. The molecule has 2 aliphatic rings. The van der Waals surface area contributed by atoms with Gasteiger partial charge in [-0.05, 0) is 12.5 Å². The number of benzene rings is 1. The summed E-state index contributed by atoms with van der Waals surface area (Å²) in [4.78, 5) is 47.7. The molecule has 1 fully saturated rings. The molecule has 0 radical (unpaired) electrons. The standard InChI is InChI=1S/C21H20N6O3/c1-13-2-4-14(5-3-13)9-27-21(30)20(29)26-11-15-10-25(12-16(15)18(26)24-27)19(28)17-8-22-6-7-23-17/h2-8,15-16H,9-12H2,1H3/t15-,16-/m1/s1. The lowest BCUT2D eigenvalue weighted by molar-refractivity contribution is 0.0776.